The lowest BCUT2D eigenvalue weighted by Crippen LogP contribution is -2.29. The summed E-state index contributed by atoms with van der Waals surface area (Å²) in [5.74, 6) is 0. The predicted molar refractivity (Wildman–Crippen MR) is 66.5 cm³/mol. The molecule has 1 heterocycles. The second-order valence-corrected chi connectivity index (χ2v) is 3.78. The second-order valence-electron chi connectivity index (χ2n) is 3.37. The highest BCUT2D eigenvalue weighted by Crippen LogP contribution is 2.20. The third-order valence-electron chi connectivity index (χ3n) is 1.69. The van der Waals surface area contributed by atoms with E-state index in [2.05, 4.69) is 13.8 Å². The summed E-state index contributed by atoms with van der Waals surface area (Å²) in [5.41, 5.74) is -2.18. The van der Waals surface area contributed by atoms with Crippen LogP contribution in [0.1, 0.15) is 26.0 Å². The molecule has 0 saturated carbocycles. The largest absolute Gasteiger partial charge is 0.464 e. The van der Waals surface area contributed by atoms with Gasteiger partial charge < -0.3 is 5.11 Å². The van der Waals surface area contributed by atoms with Crippen molar-refractivity contribution >= 4 is 23.4 Å². The molecule has 1 rings (SSSR count). The third kappa shape index (κ3) is 3.56. The molecule has 1 N–H and O–H groups in total. The Morgan fingerprint density at radius 2 is 2.00 bits per heavy atom. The molecule has 0 saturated heterocycles. The Morgan fingerprint density at radius 1 is 1.56 bits per heavy atom. The molecule has 0 aliphatic heterocycles. The molecule has 100 valence electrons. The SMILES string of the molecule is CCC.Cc1cc(Cl)c([N+](=O)[O-])c(=O)n1C(=O)O. The summed E-state index contributed by atoms with van der Waals surface area (Å²) >= 11 is 5.46. The predicted octanol–water partition coefficient (Wildman–Crippen LogP) is 2.66. The molecule has 0 spiro atoms. The van der Waals surface area contributed by atoms with E-state index in [9.17, 15) is 19.7 Å². The number of carbonyl (C=O) groups is 1. The fraction of sp³-hybridized carbons (Fsp3) is 0.400. The number of nitrogens with zero attached hydrogens (tertiary/aromatic N) is 2. The Balaban J connectivity index is 0.000000873. The Kier molecular flexibility index (Phi) is 6.04. The molecule has 0 bridgehead atoms. The zero-order valence-electron chi connectivity index (χ0n) is 10.1. The lowest BCUT2D eigenvalue weighted by Gasteiger charge is -2.04. The minimum atomic E-state index is -1.59. The molecule has 1 aromatic heterocycles. The molecule has 0 fully saturated rings. The van der Waals surface area contributed by atoms with Crippen LogP contribution in [0.25, 0.3) is 0 Å². The van der Waals surface area contributed by atoms with Gasteiger partial charge in [0, 0.05) is 5.69 Å². The van der Waals surface area contributed by atoms with Gasteiger partial charge in [-0.15, -0.1) is 0 Å². The summed E-state index contributed by atoms with van der Waals surface area (Å²) in [6.07, 6.45) is -0.336. The summed E-state index contributed by atoms with van der Waals surface area (Å²) in [4.78, 5) is 31.4. The Labute approximate surface area is 108 Å². The van der Waals surface area contributed by atoms with Crippen LogP contribution in [0.15, 0.2) is 10.9 Å². The first-order valence-corrected chi connectivity index (χ1v) is 5.45. The quantitative estimate of drug-likeness (QED) is 0.627. The van der Waals surface area contributed by atoms with E-state index in [1.165, 1.54) is 13.3 Å². The molecule has 18 heavy (non-hydrogen) atoms. The van der Waals surface area contributed by atoms with Gasteiger partial charge in [-0.25, -0.2) is 9.36 Å². The van der Waals surface area contributed by atoms with E-state index in [0.717, 1.165) is 6.07 Å². The van der Waals surface area contributed by atoms with Crippen LogP contribution in [0.5, 0.6) is 0 Å². The van der Waals surface area contributed by atoms with Crippen molar-refractivity contribution in [2.45, 2.75) is 27.2 Å². The monoisotopic (exact) mass is 276 g/mol. The summed E-state index contributed by atoms with van der Waals surface area (Å²) in [5, 5.41) is 18.7. The number of rotatable bonds is 1. The molecule has 0 unspecified atom stereocenters. The first kappa shape index (κ1) is 16.1. The maximum absolute atomic E-state index is 11.3. The highest BCUT2D eigenvalue weighted by atomic mass is 35.5. The van der Waals surface area contributed by atoms with Crippen LogP contribution in [0.2, 0.25) is 5.02 Å². The first-order chi connectivity index (χ1) is 8.27. The number of hydrogen-bond donors (Lipinski definition) is 1. The molecule has 1 aromatic rings. The summed E-state index contributed by atoms with van der Waals surface area (Å²) in [6.45, 7) is 5.56. The Morgan fingerprint density at radius 3 is 2.33 bits per heavy atom. The maximum Gasteiger partial charge on any atom is 0.418 e. The van der Waals surface area contributed by atoms with Crippen molar-refractivity contribution in [3.05, 3.63) is 37.3 Å². The fourth-order valence-electron chi connectivity index (χ4n) is 1.09. The molecular formula is C10H13ClN2O5. The van der Waals surface area contributed by atoms with E-state index in [-0.39, 0.29) is 15.3 Å². The Bertz CT molecular complexity index is 482. The van der Waals surface area contributed by atoms with Gasteiger partial charge in [0.05, 0.1) is 4.92 Å². The smallest absolute Gasteiger partial charge is 0.418 e. The molecule has 0 aromatic carbocycles. The third-order valence-corrected chi connectivity index (χ3v) is 1.98. The van der Waals surface area contributed by atoms with Gasteiger partial charge in [0.2, 0.25) is 0 Å². The average Bonchev–Trinajstić information content (AvgIpc) is 2.15. The molecule has 7 nitrogen and oxygen atoms in total. The van der Waals surface area contributed by atoms with E-state index < -0.39 is 22.3 Å². The van der Waals surface area contributed by atoms with Gasteiger partial charge in [-0.05, 0) is 13.0 Å². The molecule has 8 heteroatoms. The summed E-state index contributed by atoms with van der Waals surface area (Å²) < 4.78 is 0.268. The number of aromatic nitrogens is 1. The van der Waals surface area contributed by atoms with Gasteiger partial charge >= 0.3 is 17.3 Å². The molecule has 0 atom stereocenters. The van der Waals surface area contributed by atoms with Crippen LogP contribution in [0.4, 0.5) is 10.5 Å². The Hall–Kier alpha value is -1.89. The zero-order chi connectivity index (χ0) is 14.5. The normalized spacial score (nSPS) is 9.33. The minimum Gasteiger partial charge on any atom is -0.464 e. The number of aryl methyl sites for hydroxylation is 1. The van der Waals surface area contributed by atoms with Gasteiger partial charge in [-0.3, -0.25) is 14.9 Å². The van der Waals surface area contributed by atoms with E-state index in [1.54, 1.807) is 0 Å². The molecule has 0 aliphatic carbocycles. The van der Waals surface area contributed by atoms with Crippen molar-refractivity contribution in [1.82, 2.24) is 4.57 Å². The lowest BCUT2D eigenvalue weighted by molar-refractivity contribution is -0.386. The van der Waals surface area contributed by atoms with Crippen molar-refractivity contribution in [3.8, 4) is 0 Å². The topological polar surface area (TPSA) is 102 Å². The van der Waals surface area contributed by atoms with Crippen molar-refractivity contribution in [3.63, 3.8) is 0 Å². The fourth-order valence-corrected chi connectivity index (χ4v) is 1.40. The van der Waals surface area contributed by atoms with Gasteiger partial charge in [0.15, 0.2) is 0 Å². The number of halogens is 1. The van der Waals surface area contributed by atoms with Crippen molar-refractivity contribution in [2.75, 3.05) is 0 Å². The van der Waals surface area contributed by atoms with E-state index in [1.807, 2.05) is 0 Å². The van der Waals surface area contributed by atoms with Crippen LogP contribution in [0, 0.1) is 17.0 Å². The van der Waals surface area contributed by atoms with Crippen LogP contribution in [0.3, 0.4) is 0 Å². The van der Waals surface area contributed by atoms with E-state index >= 15 is 0 Å². The van der Waals surface area contributed by atoms with Crippen molar-refractivity contribution in [2.24, 2.45) is 0 Å². The maximum atomic E-state index is 11.3. The second kappa shape index (κ2) is 6.75. The van der Waals surface area contributed by atoms with Gasteiger partial charge in [0.1, 0.15) is 5.02 Å². The number of carboxylic acid groups (broad SMARTS) is 1. The summed E-state index contributed by atoms with van der Waals surface area (Å²) in [6, 6.07) is 1.05. The zero-order valence-corrected chi connectivity index (χ0v) is 10.9. The first-order valence-electron chi connectivity index (χ1n) is 5.07. The average molecular weight is 277 g/mol. The number of nitro groups is 1. The molecular weight excluding hydrogens is 264 g/mol. The van der Waals surface area contributed by atoms with Gasteiger partial charge in [-0.1, -0.05) is 31.9 Å². The van der Waals surface area contributed by atoms with Crippen molar-refractivity contribution < 1.29 is 14.8 Å². The molecule has 0 radical (unpaired) electrons. The lowest BCUT2D eigenvalue weighted by atomic mass is 10.3. The van der Waals surface area contributed by atoms with E-state index in [0.29, 0.717) is 0 Å². The van der Waals surface area contributed by atoms with Crippen LogP contribution in [-0.2, 0) is 0 Å². The van der Waals surface area contributed by atoms with Gasteiger partial charge in [0.25, 0.3) is 0 Å². The highest BCUT2D eigenvalue weighted by Gasteiger charge is 2.24. The van der Waals surface area contributed by atoms with Crippen LogP contribution in [-0.4, -0.2) is 20.7 Å². The standard InChI is InChI=1S/C7H5ClN2O5.C3H8/c1-3-2-4(8)5(10(14)15)6(11)9(3)7(12)13;1-3-2/h2H,1H3,(H,12,13);3H2,1-2H3. The van der Waals surface area contributed by atoms with E-state index in [4.69, 9.17) is 16.7 Å². The van der Waals surface area contributed by atoms with Crippen LogP contribution >= 0.6 is 11.6 Å². The minimum absolute atomic E-state index is 0.0168. The molecule has 0 amide bonds. The summed E-state index contributed by atoms with van der Waals surface area (Å²) in [7, 11) is 0. The van der Waals surface area contributed by atoms with Crippen LogP contribution < -0.4 is 5.56 Å². The highest BCUT2D eigenvalue weighted by molar-refractivity contribution is 6.32. The van der Waals surface area contributed by atoms with Gasteiger partial charge in [-0.2, -0.15) is 0 Å². The van der Waals surface area contributed by atoms with Crippen molar-refractivity contribution in [1.29, 1.82) is 0 Å². The molecule has 0 aliphatic rings. The number of hydrogen-bond acceptors (Lipinski definition) is 4. The number of pyridine rings is 1.